The highest BCUT2D eigenvalue weighted by Crippen LogP contribution is 2.40. The van der Waals surface area contributed by atoms with Crippen LogP contribution in [0.4, 0.5) is 5.69 Å². The molecule has 1 aromatic heterocycles. The van der Waals surface area contributed by atoms with E-state index in [4.69, 9.17) is 15.2 Å². The molecule has 0 saturated heterocycles. The molecule has 0 aliphatic heterocycles. The molecule has 0 atom stereocenters. The van der Waals surface area contributed by atoms with E-state index in [0.29, 0.717) is 34.5 Å². The largest absolute Gasteiger partial charge is 0.506 e. The molecule has 0 spiro atoms. The average molecular weight is 539 g/mol. The first-order chi connectivity index (χ1) is 18.3. The van der Waals surface area contributed by atoms with Crippen molar-refractivity contribution in [2.24, 2.45) is 5.73 Å². The molecule has 14 heteroatoms. The maximum absolute atomic E-state index is 11.9. The van der Waals surface area contributed by atoms with E-state index in [1.165, 1.54) is 34.6 Å². The second-order valence-corrected chi connectivity index (χ2v) is 8.91. The van der Waals surface area contributed by atoms with Crippen molar-refractivity contribution in [3.63, 3.8) is 0 Å². The number of amides is 1. The van der Waals surface area contributed by atoms with Crippen molar-refractivity contribution in [1.82, 2.24) is 20.2 Å². The predicted molar refractivity (Wildman–Crippen MR) is 136 cm³/mol. The van der Waals surface area contributed by atoms with Gasteiger partial charge in [0.2, 0.25) is 10.9 Å². The van der Waals surface area contributed by atoms with Crippen molar-refractivity contribution in [1.29, 1.82) is 0 Å². The molecule has 0 saturated carbocycles. The Morgan fingerprint density at radius 2 is 1.92 bits per heavy atom. The Kier molecular flexibility index (Phi) is 8.01. The number of esters is 1. The van der Waals surface area contributed by atoms with Crippen LogP contribution in [-0.4, -0.2) is 48.7 Å². The van der Waals surface area contributed by atoms with Crippen LogP contribution in [0, 0.1) is 10.1 Å². The van der Waals surface area contributed by atoms with Gasteiger partial charge in [0, 0.05) is 22.6 Å². The maximum atomic E-state index is 11.9. The Morgan fingerprint density at radius 1 is 1.16 bits per heavy atom. The number of nitrogens with two attached hydrogens (primary N) is 1. The van der Waals surface area contributed by atoms with Crippen LogP contribution in [0.25, 0.3) is 10.8 Å². The van der Waals surface area contributed by atoms with E-state index in [1.807, 2.05) is 6.92 Å². The lowest BCUT2D eigenvalue weighted by Gasteiger charge is -2.13. The van der Waals surface area contributed by atoms with E-state index in [1.54, 1.807) is 30.3 Å². The second-order valence-electron chi connectivity index (χ2n) is 7.97. The molecule has 13 nitrogen and oxygen atoms in total. The standard InChI is InChI=1S/C24H22N6O7S/c1-2-9-36-21(31)12-29-24(26-27-28-29)38-13-14-7-8-19(18(10-14)30(34)35)37-20-11-17(23(25)33)22(32)16-6-4-3-5-15(16)20/h3-8,10-11,32H,2,9,12-13H2,1H3,(H2,25,33). The summed E-state index contributed by atoms with van der Waals surface area (Å²) >= 11 is 1.19. The smallest absolute Gasteiger partial charge is 0.327 e. The van der Waals surface area contributed by atoms with Crippen molar-refractivity contribution in [3.8, 4) is 17.2 Å². The van der Waals surface area contributed by atoms with E-state index in [-0.39, 0.29) is 40.8 Å². The zero-order chi connectivity index (χ0) is 27.2. The number of aromatic hydroxyl groups is 1. The Hall–Kier alpha value is -4.72. The molecule has 3 aromatic carbocycles. The molecule has 0 fully saturated rings. The molecule has 0 bridgehead atoms. The summed E-state index contributed by atoms with van der Waals surface area (Å²) in [6, 6.07) is 12.3. The molecule has 0 aliphatic carbocycles. The first kappa shape index (κ1) is 26.3. The number of thioether (sulfide) groups is 1. The van der Waals surface area contributed by atoms with Gasteiger partial charge in [0.05, 0.1) is 17.1 Å². The van der Waals surface area contributed by atoms with Gasteiger partial charge in [0.25, 0.3) is 5.91 Å². The van der Waals surface area contributed by atoms with Crippen molar-refractivity contribution in [2.45, 2.75) is 30.8 Å². The van der Waals surface area contributed by atoms with Gasteiger partial charge in [-0.05, 0) is 34.5 Å². The molecule has 3 N–H and O–H groups in total. The molecular formula is C24H22N6O7S. The molecule has 4 aromatic rings. The highest BCUT2D eigenvalue weighted by Gasteiger charge is 2.21. The van der Waals surface area contributed by atoms with Crippen molar-refractivity contribution in [2.75, 3.05) is 6.61 Å². The molecule has 0 radical (unpaired) electrons. The first-order valence-electron chi connectivity index (χ1n) is 11.3. The average Bonchev–Trinajstić information content (AvgIpc) is 3.34. The fourth-order valence-corrected chi connectivity index (χ4v) is 4.35. The molecule has 0 aliphatic rings. The minimum absolute atomic E-state index is 0.0708. The third-order valence-corrected chi connectivity index (χ3v) is 6.32. The molecule has 196 valence electrons. The lowest BCUT2D eigenvalue weighted by molar-refractivity contribution is -0.385. The number of nitrogens with zero attached hydrogens (tertiary/aromatic N) is 5. The highest BCUT2D eigenvalue weighted by molar-refractivity contribution is 7.98. The van der Waals surface area contributed by atoms with Gasteiger partial charge in [-0.1, -0.05) is 49.0 Å². The van der Waals surface area contributed by atoms with Gasteiger partial charge in [-0.15, -0.1) is 5.10 Å². The number of nitro benzene ring substituents is 1. The summed E-state index contributed by atoms with van der Waals surface area (Å²) in [5, 5.41) is 34.6. The summed E-state index contributed by atoms with van der Waals surface area (Å²) in [6.45, 7) is 2.02. The van der Waals surface area contributed by atoms with E-state index >= 15 is 0 Å². The Balaban J connectivity index is 1.57. The number of aromatic nitrogens is 4. The van der Waals surface area contributed by atoms with Crippen molar-refractivity contribution < 1.29 is 29.1 Å². The van der Waals surface area contributed by atoms with Crippen LogP contribution in [0.3, 0.4) is 0 Å². The molecule has 0 unspecified atom stereocenters. The number of hydrogen-bond acceptors (Lipinski definition) is 11. The molecule has 4 rings (SSSR count). The fraction of sp³-hybridized carbons (Fsp3) is 0.208. The third kappa shape index (κ3) is 5.81. The lowest BCUT2D eigenvalue weighted by atomic mass is 10.0. The van der Waals surface area contributed by atoms with E-state index in [9.17, 15) is 24.8 Å². The quantitative estimate of drug-likeness (QED) is 0.123. The Bertz CT molecular complexity index is 1520. The Morgan fingerprint density at radius 3 is 2.63 bits per heavy atom. The van der Waals surface area contributed by atoms with Gasteiger partial charge < -0.3 is 20.3 Å². The van der Waals surface area contributed by atoms with Gasteiger partial charge in [-0.3, -0.25) is 19.7 Å². The van der Waals surface area contributed by atoms with E-state index in [2.05, 4.69) is 15.5 Å². The van der Waals surface area contributed by atoms with Gasteiger partial charge in [-0.25, -0.2) is 4.68 Å². The topological polar surface area (TPSA) is 186 Å². The highest BCUT2D eigenvalue weighted by atomic mass is 32.2. The SMILES string of the molecule is CCCOC(=O)Cn1nnnc1SCc1ccc(Oc2cc(C(N)=O)c(O)c3ccccc23)c([N+](=O)[O-])c1. The van der Waals surface area contributed by atoms with Crippen molar-refractivity contribution >= 4 is 40.1 Å². The lowest BCUT2D eigenvalue weighted by Crippen LogP contribution is -2.16. The van der Waals surface area contributed by atoms with Gasteiger partial charge >= 0.3 is 11.7 Å². The van der Waals surface area contributed by atoms with E-state index in [0.717, 1.165) is 0 Å². The number of rotatable bonds is 11. The van der Waals surface area contributed by atoms with Crippen LogP contribution < -0.4 is 10.5 Å². The zero-order valence-corrected chi connectivity index (χ0v) is 20.9. The predicted octanol–water partition coefficient (Wildman–Crippen LogP) is 3.58. The number of hydrogen-bond donors (Lipinski definition) is 2. The summed E-state index contributed by atoms with van der Waals surface area (Å²) in [4.78, 5) is 35.0. The van der Waals surface area contributed by atoms with Crippen LogP contribution >= 0.6 is 11.8 Å². The van der Waals surface area contributed by atoms with Crippen LogP contribution in [0.15, 0.2) is 53.7 Å². The van der Waals surface area contributed by atoms with Gasteiger partial charge in [0.1, 0.15) is 18.0 Å². The van der Waals surface area contributed by atoms with Gasteiger partial charge in [-0.2, -0.15) is 0 Å². The molecular weight excluding hydrogens is 516 g/mol. The Labute approximate surface area is 219 Å². The monoisotopic (exact) mass is 538 g/mol. The minimum Gasteiger partial charge on any atom is -0.506 e. The van der Waals surface area contributed by atoms with Crippen LogP contribution in [0.1, 0.15) is 29.3 Å². The number of carbonyl (C=O) groups is 2. The zero-order valence-electron chi connectivity index (χ0n) is 20.1. The molecule has 38 heavy (non-hydrogen) atoms. The normalized spacial score (nSPS) is 10.9. The minimum atomic E-state index is -0.874. The number of phenols is 1. The first-order valence-corrected chi connectivity index (χ1v) is 12.3. The second kappa shape index (κ2) is 11.6. The van der Waals surface area contributed by atoms with Crippen LogP contribution in [0.2, 0.25) is 0 Å². The summed E-state index contributed by atoms with van der Waals surface area (Å²) in [7, 11) is 0. The molecule has 1 heterocycles. The van der Waals surface area contributed by atoms with Crippen LogP contribution in [0.5, 0.6) is 17.2 Å². The number of carbonyl (C=O) groups excluding carboxylic acids is 2. The summed E-state index contributed by atoms with van der Waals surface area (Å²) < 4.78 is 12.2. The third-order valence-electron chi connectivity index (χ3n) is 5.30. The molecule has 1 amide bonds. The summed E-state index contributed by atoms with van der Waals surface area (Å²) in [5.74, 6) is -1.34. The number of nitro groups is 1. The number of ether oxygens (including phenoxy) is 2. The maximum Gasteiger partial charge on any atom is 0.327 e. The summed E-state index contributed by atoms with van der Waals surface area (Å²) in [5.41, 5.74) is 5.47. The number of benzene rings is 3. The van der Waals surface area contributed by atoms with Gasteiger partial charge in [0.15, 0.2) is 0 Å². The summed E-state index contributed by atoms with van der Waals surface area (Å²) in [6.07, 6.45) is 0.691. The van der Waals surface area contributed by atoms with Crippen molar-refractivity contribution in [3.05, 3.63) is 69.8 Å². The van der Waals surface area contributed by atoms with Crippen LogP contribution in [-0.2, 0) is 21.8 Å². The fourth-order valence-electron chi connectivity index (χ4n) is 3.53. The number of fused-ring (bicyclic) bond motifs is 1. The number of tetrazole rings is 1. The number of primary amides is 1. The van der Waals surface area contributed by atoms with E-state index < -0.39 is 16.8 Å².